The van der Waals surface area contributed by atoms with Gasteiger partial charge in [0.1, 0.15) is 11.9 Å². The van der Waals surface area contributed by atoms with Gasteiger partial charge in [0, 0.05) is 31.6 Å². The quantitative estimate of drug-likeness (QED) is 0.799. The van der Waals surface area contributed by atoms with E-state index in [4.69, 9.17) is 4.74 Å². The number of para-hydroxylation sites is 2. The predicted octanol–water partition coefficient (Wildman–Crippen LogP) is 4.86. The van der Waals surface area contributed by atoms with Gasteiger partial charge in [0.05, 0.1) is 0 Å². The van der Waals surface area contributed by atoms with Crippen LogP contribution in [-0.4, -0.2) is 19.2 Å². The fourth-order valence-corrected chi connectivity index (χ4v) is 3.17. The van der Waals surface area contributed by atoms with Crippen molar-refractivity contribution in [2.24, 2.45) is 0 Å². The van der Waals surface area contributed by atoms with Gasteiger partial charge in [-0.15, -0.1) is 0 Å². The first kappa shape index (κ1) is 15.0. The van der Waals surface area contributed by atoms with E-state index in [1.54, 1.807) is 0 Å². The van der Waals surface area contributed by atoms with Crippen LogP contribution in [0, 0.1) is 0 Å². The van der Waals surface area contributed by atoms with Crippen LogP contribution in [-0.2, 0) is 0 Å². The van der Waals surface area contributed by atoms with E-state index in [1.807, 2.05) is 30.3 Å². The zero-order valence-corrected chi connectivity index (χ0v) is 13.5. The van der Waals surface area contributed by atoms with E-state index in [0.717, 1.165) is 31.7 Å². The summed E-state index contributed by atoms with van der Waals surface area (Å²) in [5.41, 5.74) is 2.85. The number of hydrogen-bond acceptors (Lipinski definition) is 2. The van der Waals surface area contributed by atoms with Crippen LogP contribution in [0.5, 0.6) is 5.75 Å². The lowest BCUT2D eigenvalue weighted by atomic mass is 9.98. The second-order valence-electron chi connectivity index (χ2n) is 6.33. The first-order valence-electron chi connectivity index (χ1n) is 8.29. The van der Waals surface area contributed by atoms with Gasteiger partial charge in [0.2, 0.25) is 0 Å². The van der Waals surface area contributed by atoms with E-state index in [1.165, 1.54) is 11.3 Å². The molecule has 0 aromatic heterocycles. The first-order chi connectivity index (χ1) is 10.7. The highest BCUT2D eigenvalue weighted by molar-refractivity contribution is 5.55. The monoisotopic (exact) mass is 295 g/mol. The summed E-state index contributed by atoms with van der Waals surface area (Å²) in [6.07, 6.45) is 2.51. The fraction of sp³-hybridized carbons (Fsp3) is 0.400. The third-order valence-corrected chi connectivity index (χ3v) is 4.39. The lowest BCUT2D eigenvalue weighted by molar-refractivity contribution is 0.171. The van der Waals surface area contributed by atoms with Crippen molar-refractivity contribution in [3.8, 4) is 5.75 Å². The van der Waals surface area contributed by atoms with Gasteiger partial charge in [0.15, 0.2) is 0 Å². The van der Waals surface area contributed by atoms with Crippen molar-refractivity contribution in [1.82, 2.24) is 0 Å². The Morgan fingerprint density at radius 1 is 0.909 bits per heavy atom. The lowest BCUT2D eigenvalue weighted by Crippen LogP contribution is -2.38. The van der Waals surface area contributed by atoms with Crippen molar-refractivity contribution in [2.75, 3.05) is 18.0 Å². The number of rotatable bonds is 4. The molecule has 0 unspecified atom stereocenters. The molecule has 0 N–H and O–H groups in total. The van der Waals surface area contributed by atoms with E-state index in [2.05, 4.69) is 43.0 Å². The Hall–Kier alpha value is -1.96. The maximum atomic E-state index is 6.09. The van der Waals surface area contributed by atoms with Gasteiger partial charge in [0.25, 0.3) is 0 Å². The molecule has 22 heavy (non-hydrogen) atoms. The zero-order valence-electron chi connectivity index (χ0n) is 13.5. The molecule has 1 aliphatic heterocycles. The average Bonchev–Trinajstić information content (AvgIpc) is 2.56. The van der Waals surface area contributed by atoms with Gasteiger partial charge in [-0.3, -0.25) is 0 Å². The van der Waals surface area contributed by atoms with Crippen molar-refractivity contribution < 1.29 is 4.74 Å². The molecule has 1 fully saturated rings. The number of piperidine rings is 1. The summed E-state index contributed by atoms with van der Waals surface area (Å²) in [6.45, 7) is 6.68. The Bertz CT molecular complexity index is 586. The normalized spacial score (nSPS) is 16.0. The lowest BCUT2D eigenvalue weighted by Gasteiger charge is -2.35. The Kier molecular flexibility index (Phi) is 4.67. The van der Waals surface area contributed by atoms with E-state index in [-0.39, 0.29) is 0 Å². The van der Waals surface area contributed by atoms with Crippen LogP contribution in [0.15, 0.2) is 54.6 Å². The van der Waals surface area contributed by atoms with Gasteiger partial charge < -0.3 is 9.64 Å². The van der Waals surface area contributed by atoms with Crippen LogP contribution in [0.4, 0.5) is 5.69 Å². The Morgan fingerprint density at radius 2 is 1.55 bits per heavy atom. The molecule has 0 radical (unpaired) electrons. The molecular weight excluding hydrogens is 270 g/mol. The predicted molar refractivity (Wildman–Crippen MR) is 92.8 cm³/mol. The third-order valence-electron chi connectivity index (χ3n) is 4.39. The van der Waals surface area contributed by atoms with Crippen molar-refractivity contribution >= 4 is 5.69 Å². The molecule has 2 heteroatoms. The molecule has 116 valence electrons. The largest absolute Gasteiger partial charge is 0.490 e. The van der Waals surface area contributed by atoms with Crippen LogP contribution in [0.25, 0.3) is 0 Å². The summed E-state index contributed by atoms with van der Waals surface area (Å²) >= 11 is 0. The smallest absolute Gasteiger partial charge is 0.119 e. The second kappa shape index (κ2) is 6.87. The van der Waals surface area contributed by atoms with Gasteiger partial charge >= 0.3 is 0 Å². The molecule has 2 nitrogen and oxygen atoms in total. The average molecular weight is 295 g/mol. The maximum absolute atomic E-state index is 6.09. The summed E-state index contributed by atoms with van der Waals surface area (Å²) in [7, 11) is 0. The Labute approximate surface area is 133 Å². The molecule has 1 saturated heterocycles. The molecule has 1 heterocycles. The standard InChI is InChI=1S/C20H25NO/c1-16(2)19-10-6-7-11-20(19)21-14-12-18(13-15-21)22-17-8-4-3-5-9-17/h3-11,16,18H,12-15H2,1-2H3. The minimum absolute atomic E-state index is 0.338. The molecule has 1 aliphatic rings. The highest BCUT2D eigenvalue weighted by atomic mass is 16.5. The van der Waals surface area contributed by atoms with E-state index in [0.29, 0.717) is 12.0 Å². The van der Waals surface area contributed by atoms with E-state index in [9.17, 15) is 0 Å². The van der Waals surface area contributed by atoms with E-state index < -0.39 is 0 Å². The molecule has 0 spiro atoms. The minimum Gasteiger partial charge on any atom is -0.490 e. The highest BCUT2D eigenvalue weighted by Gasteiger charge is 2.22. The molecule has 0 saturated carbocycles. The van der Waals surface area contributed by atoms with Crippen LogP contribution in [0.2, 0.25) is 0 Å². The summed E-state index contributed by atoms with van der Waals surface area (Å²) in [4.78, 5) is 2.51. The minimum atomic E-state index is 0.338. The number of ether oxygens (including phenoxy) is 1. The summed E-state index contributed by atoms with van der Waals surface area (Å²) in [5, 5.41) is 0. The van der Waals surface area contributed by atoms with Gasteiger partial charge in [-0.1, -0.05) is 50.2 Å². The van der Waals surface area contributed by atoms with Crippen molar-refractivity contribution in [2.45, 2.75) is 38.7 Å². The first-order valence-corrected chi connectivity index (χ1v) is 8.29. The molecule has 2 aromatic carbocycles. The zero-order chi connectivity index (χ0) is 15.4. The van der Waals surface area contributed by atoms with Crippen molar-refractivity contribution in [3.63, 3.8) is 0 Å². The van der Waals surface area contributed by atoms with Crippen LogP contribution < -0.4 is 9.64 Å². The molecule has 0 amide bonds. The topological polar surface area (TPSA) is 12.5 Å². The summed E-state index contributed by atoms with van der Waals surface area (Å²) < 4.78 is 6.09. The maximum Gasteiger partial charge on any atom is 0.119 e. The van der Waals surface area contributed by atoms with Crippen LogP contribution in [0.3, 0.4) is 0 Å². The molecule has 0 aliphatic carbocycles. The SMILES string of the molecule is CC(C)c1ccccc1N1CCC(Oc2ccccc2)CC1. The number of anilines is 1. The number of benzene rings is 2. The van der Waals surface area contributed by atoms with Gasteiger partial charge in [-0.25, -0.2) is 0 Å². The molecule has 2 aromatic rings. The fourth-order valence-electron chi connectivity index (χ4n) is 3.17. The molecular formula is C20H25NO. The van der Waals surface area contributed by atoms with Gasteiger partial charge in [-0.2, -0.15) is 0 Å². The second-order valence-corrected chi connectivity index (χ2v) is 6.33. The van der Waals surface area contributed by atoms with Crippen molar-refractivity contribution in [3.05, 3.63) is 60.2 Å². The van der Waals surface area contributed by atoms with Gasteiger partial charge in [-0.05, 0) is 29.7 Å². The molecule has 3 rings (SSSR count). The van der Waals surface area contributed by atoms with Crippen molar-refractivity contribution in [1.29, 1.82) is 0 Å². The Morgan fingerprint density at radius 3 is 2.23 bits per heavy atom. The van der Waals surface area contributed by atoms with E-state index >= 15 is 0 Å². The summed E-state index contributed by atoms with van der Waals surface area (Å²) in [5.74, 6) is 1.55. The number of nitrogens with zero attached hydrogens (tertiary/aromatic N) is 1. The Balaban J connectivity index is 1.62. The molecule has 0 bridgehead atoms. The van der Waals surface area contributed by atoms with Crippen LogP contribution >= 0.6 is 0 Å². The third kappa shape index (κ3) is 3.44. The number of hydrogen-bond donors (Lipinski definition) is 0. The molecule has 0 atom stereocenters. The summed E-state index contributed by atoms with van der Waals surface area (Å²) in [6, 6.07) is 19.0. The highest BCUT2D eigenvalue weighted by Crippen LogP contribution is 2.30. The van der Waals surface area contributed by atoms with Crippen LogP contribution in [0.1, 0.15) is 38.2 Å².